The molecule has 0 heterocycles. The first-order chi connectivity index (χ1) is 8.19. The van der Waals surface area contributed by atoms with Gasteiger partial charge in [0.05, 0.1) is 13.7 Å². The molecule has 1 N–H and O–H groups in total. The Kier molecular flexibility index (Phi) is 10.1. The topological polar surface area (TPSA) is 50.8 Å². The number of likely N-dealkylation sites (N-methyl/N-ethyl adjacent to an activating group) is 2. The van der Waals surface area contributed by atoms with Gasteiger partial charge < -0.3 is 14.8 Å². The lowest BCUT2D eigenvalue weighted by Crippen LogP contribution is -2.47. The average Bonchev–Trinajstić information content (AvgIpc) is 2.35. The number of methoxy groups -OCH3 is 1. The van der Waals surface area contributed by atoms with E-state index in [0.29, 0.717) is 13.2 Å². The summed E-state index contributed by atoms with van der Waals surface area (Å²) in [6.45, 7) is 10.6. The molecule has 17 heavy (non-hydrogen) atoms. The fourth-order valence-corrected chi connectivity index (χ4v) is 1.59. The van der Waals surface area contributed by atoms with Gasteiger partial charge in [0.2, 0.25) is 0 Å². The third-order valence-corrected chi connectivity index (χ3v) is 2.58. The summed E-state index contributed by atoms with van der Waals surface area (Å²) in [5.41, 5.74) is 0. The van der Waals surface area contributed by atoms with E-state index in [-0.39, 0.29) is 12.0 Å². The van der Waals surface area contributed by atoms with E-state index in [1.165, 1.54) is 7.11 Å². The molecule has 0 aromatic rings. The summed E-state index contributed by atoms with van der Waals surface area (Å²) in [6.07, 6.45) is 0. The summed E-state index contributed by atoms with van der Waals surface area (Å²) in [5.74, 6) is -0.207. The van der Waals surface area contributed by atoms with Crippen molar-refractivity contribution in [2.75, 3.05) is 46.5 Å². The Labute approximate surface area is 104 Å². The number of hydrogen-bond donors (Lipinski definition) is 1. The molecule has 0 amide bonds. The van der Waals surface area contributed by atoms with Crippen molar-refractivity contribution in [3.8, 4) is 0 Å². The molecule has 0 spiro atoms. The van der Waals surface area contributed by atoms with E-state index < -0.39 is 0 Å². The second kappa shape index (κ2) is 10.5. The molecule has 0 aliphatic carbocycles. The van der Waals surface area contributed by atoms with Gasteiger partial charge in [-0.3, -0.25) is 9.69 Å². The highest BCUT2D eigenvalue weighted by molar-refractivity contribution is 5.75. The van der Waals surface area contributed by atoms with Gasteiger partial charge in [-0.05, 0) is 20.0 Å². The Morgan fingerprint density at radius 1 is 1.35 bits per heavy atom. The molecular weight excluding hydrogens is 220 g/mol. The Morgan fingerprint density at radius 2 is 2.06 bits per heavy atom. The summed E-state index contributed by atoms with van der Waals surface area (Å²) < 4.78 is 10.1. The zero-order valence-corrected chi connectivity index (χ0v) is 11.5. The number of hydrogen-bond acceptors (Lipinski definition) is 5. The second-order valence-corrected chi connectivity index (χ2v) is 3.72. The lowest BCUT2D eigenvalue weighted by Gasteiger charge is -2.25. The molecule has 0 aromatic heterocycles. The number of esters is 1. The highest BCUT2D eigenvalue weighted by Gasteiger charge is 2.20. The third kappa shape index (κ3) is 7.31. The van der Waals surface area contributed by atoms with Gasteiger partial charge in [-0.15, -0.1) is 0 Å². The van der Waals surface area contributed by atoms with Crippen LogP contribution >= 0.6 is 0 Å². The SMILES string of the molecule is CCNC(CN(CC)CCOCC)C(=O)OC. The average molecular weight is 246 g/mol. The van der Waals surface area contributed by atoms with E-state index in [9.17, 15) is 4.79 Å². The van der Waals surface area contributed by atoms with Gasteiger partial charge in [0.15, 0.2) is 0 Å². The molecule has 0 bridgehead atoms. The van der Waals surface area contributed by atoms with Crippen molar-refractivity contribution >= 4 is 5.97 Å². The van der Waals surface area contributed by atoms with Crippen LogP contribution in [0.1, 0.15) is 20.8 Å². The molecule has 0 aliphatic heterocycles. The molecule has 0 saturated carbocycles. The first kappa shape index (κ1) is 16.4. The normalized spacial score (nSPS) is 12.8. The minimum atomic E-state index is -0.258. The zero-order chi connectivity index (χ0) is 13.1. The van der Waals surface area contributed by atoms with Crippen molar-refractivity contribution in [1.29, 1.82) is 0 Å². The number of rotatable bonds is 10. The summed E-state index contributed by atoms with van der Waals surface area (Å²) in [5, 5.41) is 3.13. The number of nitrogens with zero attached hydrogens (tertiary/aromatic N) is 1. The minimum absolute atomic E-state index is 0.207. The summed E-state index contributed by atoms with van der Waals surface area (Å²) in [6, 6.07) is -0.258. The monoisotopic (exact) mass is 246 g/mol. The van der Waals surface area contributed by atoms with Crippen molar-refractivity contribution in [1.82, 2.24) is 10.2 Å². The lowest BCUT2D eigenvalue weighted by atomic mass is 10.2. The molecule has 0 fully saturated rings. The maximum atomic E-state index is 11.5. The third-order valence-electron chi connectivity index (χ3n) is 2.58. The molecule has 0 aromatic carbocycles. The molecule has 1 unspecified atom stereocenters. The van der Waals surface area contributed by atoms with Crippen LogP contribution < -0.4 is 5.32 Å². The van der Waals surface area contributed by atoms with Crippen molar-refractivity contribution in [3.63, 3.8) is 0 Å². The van der Waals surface area contributed by atoms with Gasteiger partial charge in [-0.1, -0.05) is 13.8 Å². The number of carbonyl (C=O) groups is 1. The molecule has 102 valence electrons. The fourth-order valence-electron chi connectivity index (χ4n) is 1.59. The van der Waals surface area contributed by atoms with Crippen molar-refractivity contribution < 1.29 is 14.3 Å². The van der Waals surface area contributed by atoms with Crippen molar-refractivity contribution in [2.45, 2.75) is 26.8 Å². The zero-order valence-electron chi connectivity index (χ0n) is 11.5. The van der Waals surface area contributed by atoms with E-state index in [2.05, 4.69) is 17.1 Å². The lowest BCUT2D eigenvalue weighted by molar-refractivity contribution is -0.143. The molecular formula is C12H26N2O3. The van der Waals surface area contributed by atoms with Crippen LogP contribution in [0.4, 0.5) is 0 Å². The quantitative estimate of drug-likeness (QED) is 0.449. The van der Waals surface area contributed by atoms with E-state index in [1.807, 2.05) is 13.8 Å². The van der Waals surface area contributed by atoms with Crippen LogP contribution in [0, 0.1) is 0 Å². The molecule has 1 atom stereocenters. The smallest absolute Gasteiger partial charge is 0.324 e. The first-order valence-electron chi connectivity index (χ1n) is 6.30. The molecule has 0 radical (unpaired) electrons. The van der Waals surface area contributed by atoms with E-state index in [0.717, 1.165) is 26.2 Å². The Morgan fingerprint density at radius 3 is 2.53 bits per heavy atom. The number of nitrogens with one attached hydrogen (secondary N) is 1. The molecule has 0 saturated heterocycles. The standard InChI is InChI=1S/C12H26N2O3/c1-5-13-11(12(15)16-4)10-14(6-2)8-9-17-7-3/h11,13H,5-10H2,1-4H3. The number of ether oxygens (including phenoxy) is 2. The predicted molar refractivity (Wildman–Crippen MR) is 68.1 cm³/mol. The van der Waals surface area contributed by atoms with E-state index >= 15 is 0 Å². The molecule has 0 rings (SSSR count). The van der Waals surface area contributed by atoms with Gasteiger partial charge in [0.1, 0.15) is 6.04 Å². The minimum Gasteiger partial charge on any atom is -0.468 e. The molecule has 5 nitrogen and oxygen atoms in total. The van der Waals surface area contributed by atoms with Crippen LogP contribution in [0.3, 0.4) is 0 Å². The highest BCUT2D eigenvalue weighted by Crippen LogP contribution is 1.96. The van der Waals surface area contributed by atoms with Crippen LogP contribution in [0.5, 0.6) is 0 Å². The van der Waals surface area contributed by atoms with E-state index in [4.69, 9.17) is 9.47 Å². The van der Waals surface area contributed by atoms with Crippen LogP contribution in [-0.2, 0) is 14.3 Å². The van der Waals surface area contributed by atoms with Crippen LogP contribution in [0.15, 0.2) is 0 Å². The van der Waals surface area contributed by atoms with Crippen LogP contribution in [-0.4, -0.2) is 63.4 Å². The van der Waals surface area contributed by atoms with E-state index in [1.54, 1.807) is 0 Å². The van der Waals surface area contributed by atoms with Crippen LogP contribution in [0.2, 0.25) is 0 Å². The highest BCUT2D eigenvalue weighted by atomic mass is 16.5. The summed E-state index contributed by atoms with van der Waals surface area (Å²) in [4.78, 5) is 13.7. The van der Waals surface area contributed by atoms with Gasteiger partial charge in [-0.2, -0.15) is 0 Å². The number of carbonyl (C=O) groups excluding carboxylic acids is 1. The molecule has 0 aliphatic rings. The van der Waals surface area contributed by atoms with Crippen molar-refractivity contribution in [2.24, 2.45) is 0 Å². The Balaban J connectivity index is 4.13. The van der Waals surface area contributed by atoms with Gasteiger partial charge in [0.25, 0.3) is 0 Å². The Bertz CT molecular complexity index is 200. The molecule has 5 heteroatoms. The second-order valence-electron chi connectivity index (χ2n) is 3.72. The first-order valence-corrected chi connectivity index (χ1v) is 6.30. The largest absolute Gasteiger partial charge is 0.468 e. The maximum absolute atomic E-state index is 11.5. The van der Waals surface area contributed by atoms with Crippen LogP contribution in [0.25, 0.3) is 0 Å². The van der Waals surface area contributed by atoms with Gasteiger partial charge in [0, 0.05) is 19.7 Å². The van der Waals surface area contributed by atoms with Crippen molar-refractivity contribution in [3.05, 3.63) is 0 Å². The summed E-state index contributed by atoms with van der Waals surface area (Å²) in [7, 11) is 1.42. The van der Waals surface area contributed by atoms with Gasteiger partial charge >= 0.3 is 5.97 Å². The fraction of sp³-hybridized carbons (Fsp3) is 0.917. The maximum Gasteiger partial charge on any atom is 0.324 e. The summed E-state index contributed by atoms with van der Waals surface area (Å²) >= 11 is 0. The van der Waals surface area contributed by atoms with Gasteiger partial charge in [-0.25, -0.2) is 0 Å². The predicted octanol–water partition coefficient (Wildman–Crippen LogP) is 0.496. The Hall–Kier alpha value is -0.650.